The number of phosphoric acid groups is 2. The van der Waals surface area contributed by atoms with Gasteiger partial charge < -0.3 is 34.2 Å². The highest BCUT2D eigenvalue weighted by Gasteiger charge is 2.29. The molecule has 0 aliphatic heterocycles. The maximum Gasteiger partial charge on any atom is 0.472 e. The SMILES string of the molecule is CC/C=C\C/C=C\C/C=C\C/C=C\C/C=C\CCCCCCCCCCCCCCCCCCCC(=O)OCC(O)COP(=O)(O)OCC(O)COP(=O)(O)OCC(COC(=O)CCCCC/C=C\C/C=C\C/C=C\C/C=C\C/C=C\CC)OC(=O)CCCCCCCC/C=C\C/C=C\C/C=C\CCCCC. The summed E-state index contributed by atoms with van der Waals surface area (Å²) in [6, 6.07) is 0. The van der Waals surface area contributed by atoms with E-state index in [1.165, 1.54) is 109 Å². The molecular weight excluding hydrogens is 1390 g/mol. The second-order valence-corrected chi connectivity index (χ2v) is 30.4. The first-order valence-electron chi connectivity index (χ1n) is 41.8. The summed E-state index contributed by atoms with van der Waals surface area (Å²) in [5, 5.41) is 20.7. The number of phosphoric ester groups is 2. The van der Waals surface area contributed by atoms with E-state index in [9.17, 15) is 43.5 Å². The smallest absolute Gasteiger partial charge is 0.463 e. The number of esters is 3. The number of hydrogen-bond donors (Lipinski definition) is 4. The predicted octanol–water partition coefficient (Wildman–Crippen LogP) is 25.0. The Bertz CT molecular complexity index is 2580. The van der Waals surface area contributed by atoms with Gasteiger partial charge in [0.25, 0.3) is 0 Å². The first kappa shape index (κ1) is 102. The molecule has 612 valence electrons. The molecule has 18 heteroatoms. The van der Waals surface area contributed by atoms with Crippen LogP contribution in [0.25, 0.3) is 0 Å². The molecule has 0 aliphatic rings. The van der Waals surface area contributed by atoms with E-state index >= 15 is 0 Å². The number of allylic oxidation sites excluding steroid dienone is 26. The Morgan fingerprint density at radius 3 is 0.794 bits per heavy atom. The van der Waals surface area contributed by atoms with Gasteiger partial charge in [-0.05, 0) is 148 Å². The molecule has 0 aromatic rings. The van der Waals surface area contributed by atoms with Crippen LogP contribution in [0.4, 0.5) is 0 Å². The highest BCUT2D eigenvalue weighted by molar-refractivity contribution is 7.47. The summed E-state index contributed by atoms with van der Waals surface area (Å²) in [6.07, 6.45) is 102. The van der Waals surface area contributed by atoms with Crippen LogP contribution in [0.15, 0.2) is 158 Å². The average Bonchev–Trinajstić information content (AvgIpc) is 0.907. The highest BCUT2D eigenvalue weighted by atomic mass is 31.2. The van der Waals surface area contributed by atoms with Crippen LogP contribution >= 0.6 is 15.6 Å². The van der Waals surface area contributed by atoms with Gasteiger partial charge in [0.05, 0.1) is 26.4 Å². The Hall–Kier alpha value is -4.83. The molecule has 4 N–H and O–H groups in total. The molecule has 0 fully saturated rings. The lowest BCUT2D eigenvalue weighted by Gasteiger charge is -2.21. The summed E-state index contributed by atoms with van der Waals surface area (Å²) in [5.74, 6) is -1.63. The van der Waals surface area contributed by atoms with Crippen molar-refractivity contribution in [1.82, 2.24) is 0 Å². The van der Waals surface area contributed by atoms with Gasteiger partial charge in [0.2, 0.25) is 0 Å². The summed E-state index contributed by atoms with van der Waals surface area (Å²) in [7, 11) is -9.81. The minimum absolute atomic E-state index is 0.0783. The second kappa shape index (κ2) is 80.7. The Labute approximate surface area is 650 Å². The molecule has 0 radical (unpaired) electrons. The van der Waals surface area contributed by atoms with Gasteiger partial charge in [-0.3, -0.25) is 32.5 Å². The number of hydrogen-bond acceptors (Lipinski definition) is 14. The molecule has 0 saturated carbocycles. The third kappa shape index (κ3) is 82.0. The van der Waals surface area contributed by atoms with Crippen LogP contribution in [0.2, 0.25) is 0 Å². The van der Waals surface area contributed by atoms with E-state index in [2.05, 4.69) is 179 Å². The Kier molecular flexibility index (Phi) is 77.0. The summed E-state index contributed by atoms with van der Waals surface area (Å²) >= 11 is 0. The summed E-state index contributed by atoms with van der Waals surface area (Å²) in [4.78, 5) is 58.7. The maximum absolute atomic E-state index is 13.0. The van der Waals surface area contributed by atoms with Gasteiger partial charge in [-0.25, -0.2) is 9.13 Å². The Morgan fingerprint density at radius 1 is 0.271 bits per heavy atom. The fraction of sp³-hybridized carbons (Fsp3) is 0.674. The molecule has 107 heavy (non-hydrogen) atoms. The minimum Gasteiger partial charge on any atom is -0.463 e. The maximum atomic E-state index is 13.0. The highest BCUT2D eigenvalue weighted by Crippen LogP contribution is 2.45. The quantitative estimate of drug-likeness (QED) is 0.0146. The van der Waals surface area contributed by atoms with E-state index in [0.29, 0.717) is 19.3 Å². The second-order valence-electron chi connectivity index (χ2n) is 27.5. The molecule has 0 saturated heterocycles. The van der Waals surface area contributed by atoms with Crippen molar-refractivity contribution < 1.29 is 75.8 Å². The molecule has 0 spiro atoms. The van der Waals surface area contributed by atoms with Crippen LogP contribution in [-0.4, -0.2) is 95.9 Å². The van der Waals surface area contributed by atoms with Gasteiger partial charge >= 0.3 is 33.6 Å². The monoisotopic (exact) mass is 1540 g/mol. The number of rotatable bonds is 78. The van der Waals surface area contributed by atoms with Crippen molar-refractivity contribution in [1.29, 1.82) is 0 Å². The van der Waals surface area contributed by atoms with Crippen LogP contribution in [0.1, 0.15) is 329 Å². The number of aliphatic hydroxyl groups excluding tert-OH is 2. The van der Waals surface area contributed by atoms with Crippen LogP contribution in [0.5, 0.6) is 0 Å². The number of aliphatic hydroxyl groups is 2. The lowest BCUT2D eigenvalue weighted by Crippen LogP contribution is -2.30. The molecule has 0 heterocycles. The molecule has 0 aromatic carbocycles. The van der Waals surface area contributed by atoms with E-state index in [4.69, 9.17) is 32.3 Å². The van der Waals surface area contributed by atoms with Crippen LogP contribution in [-0.2, 0) is 55.8 Å². The van der Waals surface area contributed by atoms with Gasteiger partial charge in [0.1, 0.15) is 25.4 Å². The Morgan fingerprint density at radius 2 is 0.495 bits per heavy atom. The summed E-state index contributed by atoms with van der Waals surface area (Å²) in [6.45, 7) is 2.39. The summed E-state index contributed by atoms with van der Waals surface area (Å²) < 4.78 is 61.2. The van der Waals surface area contributed by atoms with Gasteiger partial charge in [-0.15, -0.1) is 0 Å². The van der Waals surface area contributed by atoms with Crippen molar-refractivity contribution in [2.75, 3.05) is 39.6 Å². The van der Waals surface area contributed by atoms with Crippen LogP contribution in [0, 0.1) is 0 Å². The molecule has 5 unspecified atom stereocenters. The van der Waals surface area contributed by atoms with E-state index in [-0.39, 0.29) is 19.3 Å². The van der Waals surface area contributed by atoms with Crippen molar-refractivity contribution in [2.45, 2.75) is 347 Å². The van der Waals surface area contributed by atoms with Crippen molar-refractivity contribution in [3.05, 3.63) is 158 Å². The molecule has 0 bridgehead atoms. The topological polar surface area (TPSA) is 231 Å². The lowest BCUT2D eigenvalue weighted by molar-refractivity contribution is -0.161. The molecular formula is C89H150O16P2. The van der Waals surface area contributed by atoms with Crippen molar-refractivity contribution in [3.8, 4) is 0 Å². The minimum atomic E-state index is -4.95. The standard InChI is InChI=1S/C89H150O16P2/c1-4-7-10-13-16-19-22-25-28-31-34-35-36-37-38-39-40-41-42-43-44-45-46-47-50-52-54-57-60-63-66-69-72-75-87(92)99-78-84(90)79-101-106(95,96)102-80-85(91)81-103-107(97,98)104-83-86(105-89(94)77-74-71-68-65-62-59-56-53-49-33-30-27-24-21-18-15-12-9-6-3)82-100-88(93)76-73-70-67-64-61-58-55-51-48-32-29-26-23-20-17-14-11-8-5-2/h7-8,10-11,16-21,25-30,34-35,37-38,48-49,51,53,58,61,84-86,90-91H,4-6,9,12-15,22-24,31-33,36,39-47,50,52,54-57,59-60,62-83H2,1-3H3,(H,95,96)(H,97,98)/b10-7-,11-8-,19-16-,20-17-,21-18-,28-25-,29-26-,30-27-,35-34-,38-37-,51-48-,53-49-,61-58-. The average molecular weight is 1540 g/mol. The molecule has 0 aromatic heterocycles. The largest absolute Gasteiger partial charge is 0.472 e. The predicted molar refractivity (Wildman–Crippen MR) is 445 cm³/mol. The molecule has 5 atom stereocenters. The first-order chi connectivity index (χ1) is 52.2. The molecule has 0 amide bonds. The number of unbranched alkanes of at least 4 members (excludes halogenated alkanes) is 29. The van der Waals surface area contributed by atoms with Gasteiger partial charge in [-0.1, -0.05) is 320 Å². The third-order valence-electron chi connectivity index (χ3n) is 17.2. The molecule has 0 rings (SSSR count). The zero-order chi connectivity index (χ0) is 78.0. The molecule has 0 aliphatic carbocycles. The number of carbonyl (C=O) groups excluding carboxylic acids is 3. The van der Waals surface area contributed by atoms with Crippen molar-refractivity contribution in [2.24, 2.45) is 0 Å². The normalized spacial score (nSPS) is 14.7. The zero-order valence-electron chi connectivity index (χ0n) is 67.0. The van der Waals surface area contributed by atoms with E-state index in [0.717, 1.165) is 161 Å². The fourth-order valence-corrected chi connectivity index (χ4v) is 12.5. The van der Waals surface area contributed by atoms with Crippen molar-refractivity contribution >= 4 is 33.6 Å². The van der Waals surface area contributed by atoms with Gasteiger partial charge in [-0.2, -0.15) is 0 Å². The first-order valence-corrected chi connectivity index (χ1v) is 44.8. The lowest BCUT2D eigenvalue weighted by atomic mass is 10.0. The fourth-order valence-electron chi connectivity index (χ4n) is 10.9. The molecule has 16 nitrogen and oxygen atoms in total. The summed E-state index contributed by atoms with van der Waals surface area (Å²) in [5.41, 5.74) is 0. The Balaban J connectivity index is 4.53. The van der Waals surface area contributed by atoms with E-state index in [1.807, 2.05) is 0 Å². The van der Waals surface area contributed by atoms with Gasteiger partial charge in [0.15, 0.2) is 6.10 Å². The van der Waals surface area contributed by atoms with E-state index < -0.39 is 91.5 Å². The van der Waals surface area contributed by atoms with Crippen molar-refractivity contribution in [3.63, 3.8) is 0 Å². The zero-order valence-corrected chi connectivity index (χ0v) is 68.8. The van der Waals surface area contributed by atoms with Crippen LogP contribution in [0.3, 0.4) is 0 Å². The van der Waals surface area contributed by atoms with Crippen LogP contribution < -0.4 is 0 Å². The number of ether oxygens (including phenoxy) is 3. The third-order valence-corrected chi connectivity index (χ3v) is 19.1. The van der Waals surface area contributed by atoms with Gasteiger partial charge in [0, 0.05) is 19.3 Å². The van der Waals surface area contributed by atoms with E-state index in [1.54, 1.807) is 0 Å². The number of carbonyl (C=O) groups is 3.